The van der Waals surface area contributed by atoms with Crippen molar-refractivity contribution in [2.24, 2.45) is 0 Å². The van der Waals surface area contributed by atoms with Crippen LogP contribution in [0.25, 0.3) is 10.9 Å². The van der Waals surface area contributed by atoms with Crippen molar-refractivity contribution >= 4 is 17.2 Å². The Balaban J connectivity index is 2.10. The number of aromatic nitrogens is 1. The van der Waals surface area contributed by atoms with Crippen LogP contribution < -0.4 is 4.74 Å². The summed E-state index contributed by atoms with van der Waals surface area (Å²) in [5.74, 6) is -0.654. The van der Waals surface area contributed by atoms with Crippen LogP contribution in [0.2, 0.25) is 0 Å². The normalized spacial score (nSPS) is 10.7. The van der Waals surface area contributed by atoms with E-state index in [0.29, 0.717) is 23.1 Å². The highest BCUT2D eigenvalue weighted by Crippen LogP contribution is 2.30. The largest absolute Gasteiger partial charge is 0.455 e. The molecule has 0 amide bonds. The standard InChI is InChI=1S/C17H11F2NO2/c1-10-16(8-11-4-2-6-14(19)17(11)20-10)22-15-7-3-5-13(18)12(15)9-21/h2-9H,1H3. The van der Waals surface area contributed by atoms with Gasteiger partial charge >= 0.3 is 0 Å². The fourth-order valence-electron chi connectivity index (χ4n) is 2.18. The molecule has 1 heterocycles. The zero-order chi connectivity index (χ0) is 15.7. The van der Waals surface area contributed by atoms with E-state index in [2.05, 4.69) is 4.98 Å². The van der Waals surface area contributed by atoms with E-state index in [9.17, 15) is 13.6 Å². The number of rotatable bonds is 3. The third-order valence-corrected chi connectivity index (χ3v) is 3.29. The molecule has 0 atom stereocenters. The van der Waals surface area contributed by atoms with Crippen molar-refractivity contribution in [3.63, 3.8) is 0 Å². The molecule has 22 heavy (non-hydrogen) atoms. The number of halogens is 2. The van der Waals surface area contributed by atoms with Crippen molar-refractivity contribution in [2.75, 3.05) is 0 Å². The van der Waals surface area contributed by atoms with E-state index < -0.39 is 11.6 Å². The first-order valence-electron chi connectivity index (χ1n) is 6.57. The molecule has 1 aromatic heterocycles. The highest BCUT2D eigenvalue weighted by atomic mass is 19.1. The van der Waals surface area contributed by atoms with E-state index in [1.54, 1.807) is 25.1 Å². The van der Waals surface area contributed by atoms with Crippen LogP contribution in [0.3, 0.4) is 0 Å². The molecule has 0 saturated carbocycles. The number of hydrogen-bond acceptors (Lipinski definition) is 3. The van der Waals surface area contributed by atoms with Crippen molar-refractivity contribution in [3.8, 4) is 11.5 Å². The molecule has 0 aliphatic rings. The highest BCUT2D eigenvalue weighted by molar-refractivity contribution is 5.82. The molecule has 0 bridgehead atoms. The predicted octanol–water partition coefficient (Wildman–Crippen LogP) is 4.43. The molecule has 0 N–H and O–H groups in total. The number of nitrogens with zero attached hydrogens (tertiary/aromatic N) is 1. The summed E-state index contributed by atoms with van der Waals surface area (Å²) in [5, 5.41) is 0.560. The molecule has 2 aromatic carbocycles. The van der Waals surface area contributed by atoms with Gasteiger partial charge in [-0.3, -0.25) is 4.79 Å². The molecule has 0 aliphatic heterocycles. The number of carbonyl (C=O) groups is 1. The molecule has 5 heteroatoms. The maximum atomic E-state index is 13.7. The first kappa shape index (κ1) is 14.1. The first-order valence-corrected chi connectivity index (χ1v) is 6.57. The van der Waals surface area contributed by atoms with Crippen LogP contribution in [-0.4, -0.2) is 11.3 Å². The lowest BCUT2D eigenvalue weighted by molar-refractivity contribution is 0.111. The molecule has 0 radical (unpaired) electrons. The highest BCUT2D eigenvalue weighted by Gasteiger charge is 2.13. The Morgan fingerprint density at radius 1 is 1.05 bits per heavy atom. The molecule has 110 valence electrons. The zero-order valence-electron chi connectivity index (χ0n) is 11.6. The average molecular weight is 299 g/mol. The van der Waals surface area contributed by atoms with Crippen LogP contribution in [0.1, 0.15) is 16.1 Å². The molecule has 0 unspecified atom stereocenters. The van der Waals surface area contributed by atoms with Crippen LogP contribution in [0.5, 0.6) is 11.5 Å². The molecule has 3 aromatic rings. The summed E-state index contributed by atoms with van der Waals surface area (Å²) in [6.07, 6.45) is 0.397. The quantitative estimate of drug-likeness (QED) is 0.672. The fraction of sp³-hybridized carbons (Fsp3) is 0.0588. The molecule has 3 nitrogen and oxygen atoms in total. The van der Waals surface area contributed by atoms with Crippen LogP contribution in [-0.2, 0) is 0 Å². The molecule has 0 fully saturated rings. The predicted molar refractivity (Wildman–Crippen MR) is 78.3 cm³/mol. The summed E-state index contributed by atoms with van der Waals surface area (Å²) in [7, 11) is 0. The lowest BCUT2D eigenvalue weighted by Gasteiger charge is -2.11. The smallest absolute Gasteiger partial charge is 0.156 e. The van der Waals surface area contributed by atoms with Gasteiger partial charge in [0.1, 0.15) is 28.7 Å². The van der Waals surface area contributed by atoms with Gasteiger partial charge in [0, 0.05) is 5.39 Å². The van der Waals surface area contributed by atoms with E-state index in [1.165, 1.54) is 24.3 Å². The van der Waals surface area contributed by atoms with E-state index in [1.807, 2.05) is 0 Å². The number of ether oxygens (including phenoxy) is 1. The van der Waals surface area contributed by atoms with Gasteiger partial charge in [0.15, 0.2) is 6.29 Å². The number of carbonyl (C=O) groups excluding carboxylic acids is 1. The number of aldehydes is 1. The van der Waals surface area contributed by atoms with Gasteiger partial charge in [0.05, 0.1) is 11.3 Å². The van der Waals surface area contributed by atoms with Gasteiger partial charge in [-0.1, -0.05) is 18.2 Å². The summed E-state index contributed by atoms with van der Waals surface area (Å²) >= 11 is 0. The van der Waals surface area contributed by atoms with Gasteiger partial charge in [-0.2, -0.15) is 0 Å². The molecule has 0 spiro atoms. The average Bonchev–Trinajstić information content (AvgIpc) is 2.49. The lowest BCUT2D eigenvalue weighted by Crippen LogP contribution is -1.97. The lowest BCUT2D eigenvalue weighted by atomic mass is 10.1. The van der Waals surface area contributed by atoms with E-state index >= 15 is 0 Å². The Morgan fingerprint density at radius 2 is 1.77 bits per heavy atom. The molecule has 3 rings (SSSR count). The van der Waals surface area contributed by atoms with E-state index in [0.717, 1.165) is 0 Å². The van der Waals surface area contributed by atoms with E-state index in [4.69, 9.17) is 4.74 Å². The summed E-state index contributed by atoms with van der Waals surface area (Å²) in [6, 6.07) is 10.3. The fourth-order valence-corrected chi connectivity index (χ4v) is 2.18. The second-order valence-corrected chi connectivity index (χ2v) is 4.76. The number of fused-ring (bicyclic) bond motifs is 1. The first-order chi connectivity index (χ1) is 10.6. The minimum atomic E-state index is -0.662. The van der Waals surface area contributed by atoms with Crippen molar-refractivity contribution in [1.82, 2.24) is 4.98 Å². The van der Waals surface area contributed by atoms with Crippen molar-refractivity contribution in [2.45, 2.75) is 6.92 Å². The summed E-state index contributed by atoms with van der Waals surface area (Å²) in [5.41, 5.74) is 0.516. The number of benzene rings is 2. The minimum Gasteiger partial charge on any atom is -0.455 e. The van der Waals surface area contributed by atoms with Crippen LogP contribution in [0.15, 0.2) is 42.5 Å². The van der Waals surface area contributed by atoms with Gasteiger partial charge < -0.3 is 4.74 Å². The number of aryl methyl sites for hydroxylation is 1. The molecular weight excluding hydrogens is 288 g/mol. The Kier molecular flexibility index (Phi) is 3.55. The maximum Gasteiger partial charge on any atom is 0.156 e. The van der Waals surface area contributed by atoms with Crippen molar-refractivity contribution in [1.29, 1.82) is 0 Å². The Morgan fingerprint density at radius 3 is 2.55 bits per heavy atom. The topological polar surface area (TPSA) is 39.2 Å². The number of pyridine rings is 1. The Labute approximate surface area is 125 Å². The Hall–Kier alpha value is -2.82. The number of hydrogen-bond donors (Lipinski definition) is 0. The van der Waals surface area contributed by atoms with Crippen molar-refractivity contribution < 1.29 is 18.3 Å². The summed E-state index contributed by atoms with van der Waals surface area (Å²) in [4.78, 5) is 15.2. The van der Waals surface area contributed by atoms with Crippen LogP contribution >= 0.6 is 0 Å². The second-order valence-electron chi connectivity index (χ2n) is 4.76. The molecular formula is C17H11F2NO2. The van der Waals surface area contributed by atoms with Gasteiger partial charge in [-0.25, -0.2) is 13.8 Å². The molecule has 0 saturated heterocycles. The maximum absolute atomic E-state index is 13.7. The summed E-state index contributed by atoms with van der Waals surface area (Å²) in [6.45, 7) is 1.65. The van der Waals surface area contributed by atoms with Crippen LogP contribution in [0.4, 0.5) is 8.78 Å². The minimum absolute atomic E-state index is 0.0932. The summed E-state index contributed by atoms with van der Waals surface area (Å²) < 4.78 is 32.9. The zero-order valence-corrected chi connectivity index (χ0v) is 11.6. The number of para-hydroxylation sites is 1. The van der Waals surface area contributed by atoms with Gasteiger partial charge in [-0.05, 0) is 31.2 Å². The third kappa shape index (κ3) is 2.41. The Bertz CT molecular complexity index is 878. The molecule has 0 aliphatic carbocycles. The van der Waals surface area contributed by atoms with E-state index in [-0.39, 0.29) is 16.8 Å². The third-order valence-electron chi connectivity index (χ3n) is 3.29. The van der Waals surface area contributed by atoms with Crippen molar-refractivity contribution in [3.05, 3.63) is 65.4 Å². The van der Waals surface area contributed by atoms with Gasteiger partial charge in [0.2, 0.25) is 0 Å². The van der Waals surface area contributed by atoms with Gasteiger partial charge in [0.25, 0.3) is 0 Å². The second kappa shape index (κ2) is 5.52. The monoisotopic (exact) mass is 299 g/mol. The van der Waals surface area contributed by atoms with Crippen LogP contribution in [0, 0.1) is 18.6 Å². The SMILES string of the molecule is Cc1nc2c(F)cccc2cc1Oc1cccc(F)c1C=O. The van der Waals surface area contributed by atoms with Gasteiger partial charge in [-0.15, -0.1) is 0 Å².